The number of nitriles is 1. The van der Waals surface area contributed by atoms with Crippen LogP contribution >= 0.6 is 0 Å². The van der Waals surface area contributed by atoms with Gasteiger partial charge in [0.25, 0.3) is 0 Å². The molecule has 4 rings (SSSR count). The van der Waals surface area contributed by atoms with Crippen LogP contribution in [0.25, 0.3) is 21.5 Å². The van der Waals surface area contributed by atoms with Gasteiger partial charge in [-0.05, 0) is 60.4 Å². The van der Waals surface area contributed by atoms with E-state index in [1.165, 1.54) is 0 Å². The Morgan fingerprint density at radius 3 is 2.25 bits per heavy atom. The third-order valence-corrected chi connectivity index (χ3v) is 5.60. The Bertz CT molecular complexity index is 1110. The van der Waals surface area contributed by atoms with Gasteiger partial charge in [0.05, 0.1) is 31.1 Å². The molecule has 1 heterocycles. The lowest BCUT2D eigenvalue weighted by Gasteiger charge is -2.34. The van der Waals surface area contributed by atoms with Crippen LogP contribution in [-0.4, -0.2) is 30.9 Å². The molecule has 0 radical (unpaired) electrons. The Labute approximate surface area is 189 Å². The maximum absolute atomic E-state index is 12.4. The molecule has 0 aliphatic carbocycles. The van der Waals surface area contributed by atoms with Gasteiger partial charge in [0.2, 0.25) is 0 Å². The Morgan fingerprint density at radius 2 is 1.66 bits per heavy atom. The van der Waals surface area contributed by atoms with Crippen molar-refractivity contribution in [3.63, 3.8) is 0 Å². The molecule has 0 saturated carbocycles. The summed E-state index contributed by atoms with van der Waals surface area (Å²) in [5.41, 5.74) is 0.604. The predicted octanol–water partition coefficient (Wildman–Crippen LogP) is 5.38. The molecule has 32 heavy (non-hydrogen) atoms. The molecule has 1 fully saturated rings. The molecule has 164 valence electrons. The number of carbonyl (C=O) groups excluding carboxylic acids is 1. The molecule has 0 unspecified atom stereocenters. The van der Waals surface area contributed by atoms with Crippen LogP contribution in [-0.2, 0) is 25.2 Å². The lowest BCUT2D eigenvalue weighted by atomic mass is 9.75. The number of hydrogen-bond acceptors (Lipinski definition) is 5. The molecule has 0 bridgehead atoms. The average Bonchev–Trinajstić information content (AvgIpc) is 2.72. The van der Waals surface area contributed by atoms with Gasteiger partial charge in [0.15, 0.2) is 0 Å². The van der Waals surface area contributed by atoms with E-state index < -0.39 is 12.7 Å². The van der Waals surface area contributed by atoms with Crippen LogP contribution in [0.1, 0.15) is 45.6 Å². The number of carbonyl (C=O) groups is 1. The molecule has 1 aliphatic heterocycles. The van der Waals surface area contributed by atoms with E-state index in [1.807, 2.05) is 45.0 Å². The summed E-state index contributed by atoms with van der Waals surface area (Å²) in [4.78, 5) is 12.4. The van der Waals surface area contributed by atoms with Crippen LogP contribution in [0.2, 0.25) is 0 Å². The molecule has 0 spiro atoms. The molecule has 2 atom stereocenters. The van der Waals surface area contributed by atoms with E-state index in [0.717, 1.165) is 27.1 Å². The highest BCUT2D eigenvalue weighted by Crippen LogP contribution is 2.31. The molecule has 5 nitrogen and oxygen atoms in total. The molecule has 1 aliphatic rings. The largest absolute Gasteiger partial charge is 0.461 e. The van der Waals surface area contributed by atoms with Crippen molar-refractivity contribution in [2.24, 2.45) is 0 Å². The number of nitrogens with zero attached hydrogens (tertiary/aromatic N) is 1. The average molecular weight is 429 g/mol. The highest BCUT2D eigenvalue weighted by molar-refractivity contribution is 6.45. The molecule has 3 aromatic rings. The van der Waals surface area contributed by atoms with Crippen LogP contribution in [0.15, 0.2) is 54.6 Å². The first-order chi connectivity index (χ1) is 15.3. The summed E-state index contributed by atoms with van der Waals surface area (Å²) in [5, 5.41) is 13.9. The second-order valence-electron chi connectivity index (χ2n) is 9.34. The van der Waals surface area contributed by atoms with Crippen molar-refractivity contribution in [2.75, 3.05) is 0 Å². The van der Waals surface area contributed by atoms with Gasteiger partial charge in [-0.15, -0.1) is 0 Å². The number of esters is 1. The van der Waals surface area contributed by atoms with Crippen LogP contribution in [0.4, 0.5) is 0 Å². The van der Waals surface area contributed by atoms with Crippen molar-refractivity contribution >= 4 is 34.6 Å². The van der Waals surface area contributed by atoms with E-state index in [4.69, 9.17) is 14.0 Å². The van der Waals surface area contributed by atoms with Crippen molar-refractivity contribution in [1.82, 2.24) is 0 Å². The Balaban J connectivity index is 1.61. The van der Waals surface area contributed by atoms with Gasteiger partial charge in [-0.2, -0.15) is 5.26 Å². The number of hydrogen-bond donors (Lipinski definition) is 0. The minimum atomic E-state index is -0.546. The number of rotatable bonds is 5. The van der Waals surface area contributed by atoms with Gasteiger partial charge in [-0.3, -0.25) is 4.79 Å². The van der Waals surface area contributed by atoms with Gasteiger partial charge < -0.3 is 14.0 Å². The van der Waals surface area contributed by atoms with Crippen LogP contribution in [0.3, 0.4) is 0 Å². The Hall–Kier alpha value is -2.88. The van der Waals surface area contributed by atoms with Crippen LogP contribution in [0.5, 0.6) is 0 Å². The molecule has 0 aromatic heterocycles. The second kappa shape index (κ2) is 9.32. The lowest BCUT2D eigenvalue weighted by molar-refractivity contribution is -0.157. The molecule has 1 saturated heterocycles. The van der Waals surface area contributed by atoms with Gasteiger partial charge in [-0.25, -0.2) is 0 Å². The zero-order valence-electron chi connectivity index (χ0n) is 18.8. The summed E-state index contributed by atoms with van der Waals surface area (Å²) in [5.74, 6) is -0.297. The monoisotopic (exact) mass is 429 g/mol. The van der Waals surface area contributed by atoms with Gasteiger partial charge >= 0.3 is 13.1 Å². The highest BCUT2D eigenvalue weighted by Gasteiger charge is 2.36. The molecular formula is C26H28BNO4. The standard InChI is InChI=1S/C26H28BNO4/c1-26(2,3)30-25(29)16-21-15-20(12-13-28)31-27(32-21)17-24-22-10-6-4-8-18(22)14-19-9-5-7-11-23(19)24/h4-11,14,20-21H,12,15-17H2,1-3H3/t20-,21-/m1/s1. The lowest BCUT2D eigenvalue weighted by Crippen LogP contribution is -2.44. The maximum atomic E-state index is 12.4. The fraction of sp³-hybridized carbons (Fsp3) is 0.385. The van der Waals surface area contributed by atoms with Gasteiger partial charge in [-0.1, -0.05) is 48.5 Å². The molecule has 0 amide bonds. The fourth-order valence-electron chi connectivity index (χ4n) is 4.39. The minimum absolute atomic E-state index is 0.148. The summed E-state index contributed by atoms with van der Waals surface area (Å²) in [6.07, 6.45) is 0.834. The SMILES string of the molecule is CC(C)(C)OC(=O)C[C@H]1C[C@@H](CC#N)OB(Cc2c3ccccc3cc3ccccc23)O1. The molecule has 0 N–H and O–H groups in total. The second-order valence-corrected chi connectivity index (χ2v) is 9.34. The van der Waals surface area contributed by atoms with E-state index in [2.05, 4.69) is 36.4 Å². The van der Waals surface area contributed by atoms with E-state index in [-0.39, 0.29) is 31.0 Å². The first-order valence-electron chi connectivity index (χ1n) is 11.1. The summed E-state index contributed by atoms with van der Waals surface area (Å²) >= 11 is 0. The molecular weight excluding hydrogens is 401 g/mol. The minimum Gasteiger partial charge on any atom is -0.460 e. The third-order valence-electron chi connectivity index (χ3n) is 5.60. The highest BCUT2D eigenvalue weighted by atomic mass is 16.6. The van der Waals surface area contributed by atoms with E-state index in [1.54, 1.807) is 0 Å². The summed E-state index contributed by atoms with van der Waals surface area (Å²) in [6, 6.07) is 21.0. The number of benzene rings is 3. The first-order valence-corrected chi connectivity index (χ1v) is 11.1. The van der Waals surface area contributed by atoms with Crippen molar-refractivity contribution in [3.8, 4) is 6.07 Å². The van der Waals surface area contributed by atoms with Crippen LogP contribution < -0.4 is 0 Å². The van der Waals surface area contributed by atoms with Gasteiger partial charge in [0, 0.05) is 6.32 Å². The zero-order valence-corrected chi connectivity index (χ0v) is 18.8. The van der Waals surface area contributed by atoms with Crippen molar-refractivity contribution in [3.05, 3.63) is 60.2 Å². The van der Waals surface area contributed by atoms with E-state index in [0.29, 0.717) is 12.7 Å². The number of ether oxygens (including phenoxy) is 1. The van der Waals surface area contributed by atoms with E-state index in [9.17, 15) is 10.1 Å². The predicted molar refractivity (Wildman–Crippen MR) is 126 cm³/mol. The normalized spacial score (nSPS) is 19.1. The smallest absolute Gasteiger partial charge is 0.460 e. The molecule has 3 aromatic carbocycles. The summed E-state index contributed by atoms with van der Waals surface area (Å²) in [7, 11) is -0.538. The fourth-order valence-corrected chi connectivity index (χ4v) is 4.39. The first kappa shape index (κ1) is 22.3. The number of fused-ring (bicyclic) bond motifs is 2. The zero-order chi connectivity index (χ0) is 22.7. The molecule has 6 heteroatoms. The van der Waals surface area contributed by atoms with Crippen LogP contribution in [0, 0.1) is 11.3 Å². The van der Waals surface area contributed by atoms with Crippen molar-refractivity contribution in [2.45, 2.75) is 64.2 Å². The maximum Gasteiger partial charge on any atom is 0.461 e. The summed E-state index contributed by atoms with van der Waals surface area (Å²) < 4.78 is 17.8. The Morgan fingerprint density at radius 1 is 1.06 bits per heavy atom. The van der Waals surface area contributed by atoms with Crippen molar-refractivity contribution in [1.29, 1.82) is 5.26 Å². The van der Waals surface area contributed by atoms with Gasteiger partial charge in [0.1, 0.15) is 5.60 Å². The third kappa shape index (κ3) is 5.30. The van der Waals surface area contributed by atoms with E-state index >= 15 is 0 Å². The Kier molecular flexibility index (Phi) is 6.50. The topological polar surface area (TPSA) is 68.6 Å². The summed E-state index contributed by atoms with van der Waals surface area (Å²) in [6.45, 7) is 5.55. The van der Waals surface area contributed by atoms with Crippen molar-refractivity contribution < 1.29 is 18.8 Å². The quantitative estimate of drug-likeness (QED) is 0.309.